The SMILES string of the molecule is COc1ccc(-c2c(Cl)c(Cl)c(-c3ccc(OC)cc3)c3ccccc23)cc1. The normalized spacial score (nSPS) is 10.9. The van der Waals surface area contributed by atoms with Crippen molar-refractivity contribution >= 4 is 34.0 Å². The average molecular weight is 409 g/mol. The van der Waals surface area contributed by atoms with Crippen LogP contribution in [-0.2, 0) is 0 Å². The summed E-state index contributed by atoms with van der Waals surface area (Å²) >= 11 is 13.6. The summed E-state index contributed by atoms with van der Waals surface area (Å²) in [6, 6.07) is 23.8. The summed E-state index contributed by atoms with van der Waals surface area (Å²) in [6.45, 7) is 0. The molecule has 4 aromatic rings. The fourth-order valence-corrected chi connectivity index (χ4v) is 4.07. The molecule has 0 spiro atoms. The summed E-state index contributed by atoms with van der Waals surface area (Å²) in [6.07, 6.45) is 0. The van der Waals surface area contributed by atoms with Gasteiger partial charge in [-0.2, -0.15) is 0 Å². The molecular formula is C24H18Cl2O2. The number of ether oxygens (including phenoxy) is 2. The van der Waals surface area contributed by atoms with Crippen molar-refractivity contribution in [2.24, 2.45) is 0 Å². The Labute approximate surface area is 174 Å². The Morgan fingerprint density at radius 2 is 0.893 bits per heavy atom. The van der Waals surface area contributed by atoms with Crippen LogP contribution in [-0.4, -0.2) is 14.2 Å². The first kappa shape index (κ1) is 18.7. The average Bonchev–Trinajstić information content (AvgIpc) is 2.75. The van der Waals surface area contributed by atoms with Crippen LogP contribution in [0.15, 0.2) is 72.8 Å². The number of methoxy groups -OCH3 is 2. The molecule has 28 heavy (non-hydrogen) atoms. The van der Waals surface area contributed by atoms with Crippen molar-refractivity contribution in [2.45, 2.75) is 0 Å². The standard InChI is InChI=1S/C24H18Cl2O2/c1-27-17-11-7-15(8-12-17)21-19-5-3-4-6-20(19)22(24(26)23(21)25)16-9-13-18(28-2)14-10-16/h3-14H,1-2H3. The van der Waals surface area contributed by atoms with Crippen LogP contribution in [0.3, 0.4) is 0 Å². The first-order valence-corrected chi connectivity index (χ1v) is 9.58. The molecule has 140 valence electrons. The summed E-state index contributed by atoms with van der Waals surface area (Å²) < 4.78 is 10.5. The Hall–Kier alpha value is -2.68. The molecule has 0 atom stereocenters. The van der Waals surface area contributed by atoms with Crippen LogP contribution in [0, 0.1) is 0 Å². The Morgan fingerprint density at radius 1 is 0.536 bits per heavy atom. The van der Waals surface area contributed by atoms with Crippen molar-refractivity contribution in [3.8, 4) is 33.8 Å². The molecule has 0 bridgehead atoms. The zero-order chi connectivity index (χ0) is 19.7. The van der Waals surface area contributed by atoms with Crippen LogP contribution in [0.4, 0.5) is 0 Å². The third-order valence-electron chi connectivity index (χ3n) is 4.85. The van der Waals surface area contributed by atoms with E-state index in [1.807, 2.05) is 60.7 Å². The molecule has 4 aromatic carbocycles. The smallest absolute Gasteiger partial charge is 0.118 e. The van der Waals surface area contributed by atoms with E-state index in [4.69, 9.17) is 32.7 Å². The monoisotopic (exact) mass is 408 g/mol. The predicted molar refractivity (Wildman–Crippen MR) is 118 cm³/mol. The van der Waals surface area contributed by atoms with Gasteiger partial charge in [0, 0.05) is 11.1 Å². The molecular weight excluding hydrogens is 391 g/mol. The highest BCUT2D eigenvalue weighted by Gasteiger charge is 2.19. The first-order chi connectivity index (χ1) is 13.6. The van der Waals surface area contributed by atoms with Crippen molar-refractivity contribution in [3.05, 3.63) is 82.8 Å². The summed E-state index contributed by atoms with van der Waals surface area (Å²) in [5, 5.41) is 3.17. The summed E-state index contributed by atoms with van der Waals surface area (Å²) in [5.41, 5.74) is 3.82. The lowest BCUT2D eigenvalue weighted by molar-refractivity contribution is 0.415. The third kappa shape index (κ3) is 3.19. The molecule has 0 amide bonds. The molecule has 0 saturated heterocycles. The topological polar surface area (TPSA) is 18.5 Å². The zero-order valence-corrected chi connectivity index (χ0v) is 17.0. The molecule has 0 aliphatic heterocycles. The van der Waals surface area contributed by atoms with Gasteiger partial charge in [0.15, 0.2) is 0 Å². The van der Waals surface area contributed by atoms with Crippen LogP contribution < -0.4 is 9.47 Å². The highest BCUT2D eigenvalue weighted by molar-refractivity contribution is 6.47. The fraction of sp³-hybridized carbons (Fsp3) is 0.0833. The van der Waals surface area contributed by atoms with Gasteiger partial charge >= 0.3 is 0 Å². The van der Waals surface area contributed by atoms with E-state index in [2.05, 4.69) is 12.1 Å². The molecule has 4 rings (SSSR count). The van der Waals surface area contributed by atoms with Crippen molar-refractivity contribution in [2.75, 3.05) is 14.2 Å². The van der Waals surface area contributed by atoms with Crippen LogP contribution in [0.1, 0.15) is 0 Å². The van der Waals surface area contributed by atoms with Gasteiger partial charge in [0.2, 0.25) is 0 Å². The van der Waals surface area contributed by atoms with Gasteiger partial charge in [0.1, 0.15) is 11.5 Å². The highest BCUT2D eigenvalue weighted by Crippen LogP contribution is 2.47. The fourth-order valence-electron chi connectivity index (χ4n) is 3.45. The van der Waals surface area contributed by atoms with Gasteiger partial charge in [0.05, 0.1) is 24.3 Å². The number of fused-ring (bicyclic) bond motifs is 1. The van der Waals surface area contributed by atoms with Crippen molar-refractivity contribution in [1.82, 2.24) is 0 Å². The van der Waals surface area contributed by atoms with Crippen LogP contribution in [0.5, 0.6) is 11.5 Å². The van der Waals surface area contributed by atoms with E-state index >= 15 is 0 Å². The predicted octanol–water partition coefficient (Wildman–Crippen LogP) is 7.50. The summed E-state index contributed by atoms with van der Waals surface area (Å²) in [4.78, 5) is 0. The third-order valence-corrected chi connectivity index (χ3v) is 5.71. The Morgan fingerprint density at radius 3 is 1.21 bits per heavy atom. The van der Waals surface area contributed by atoms with Crippen molar-refractivity contribution in [3.63, 3.8) is 0 Å². The summed E-state index contributed by atoms with van der Waals surface area (Å²) in [7, 11) is 3.30. The minimum atomic E-state index is 0.538. The maximum Gasteiger partial charge on any atom is 0.118 e. The largest absolute Gasteiger partial charge is 0.497 e. The number of hydrogen-bond acceptors (Lipinski definition) is 2. The molecule has 0 heterocycles. The van der Waals surface area contributed by atoms with Crippen LogP contribution in [0.25, 0.3) is 33.0 Å². The summed E-state index contributed by atoms with van der Waals surface area (Å²) in [5.74, 6) is 1.59. The van der Waals surface area contributed by atoms with Gasteiger partial charge in [-0.05, 0) is 46.2 Å². The van der Waals surface area contributed by atoms with E-state index < -0.39 is 0 Å². The molecule has 0 fully saturated rings. The van der Waals surface area contributed by atoms with Crippen LogP contribution in [0.2, 0.25) is 10.0 Å². The second kappa shape index (κ2) is 7.75. The molecule has 2 nitrogen and oxygen atoms in total. The van der Waals surface area contributed by atoms with E-state index in [1.165, 1.54) is 0 Å². The van der Waals surface area contributed by atoms with E-state index in [1.54, 1.807) is 14.2 Å². The van der Waals surface area contributed by atoms with Gasteiger partial charge < -0.3 is 9.47 Å². The zero-order valence-electron chi connectivity index (χ0n) is 15.5. The first-order valence-electron chi connectivity index (χ1n) is 8.82. The second-order valence-electron chi connectivity index (χ2n) is 6.38. The molecule has 0 saturated carbocycles. The molecule has 0 aliphatic carbocycles. The Balaban J connectivity index is 2.00. The van der Waals surface area contributed by atoms with E-state index in [-0.39, 0.29) is 0 Å². The maximum absolute atomic E-state index is 6.81. The molecule has 0 radical (unpaired) electrons. The molecule has 0 aromatic heterocycles. The minimum absolute atomic E-state index is 0.538. The molecule has 0 unspecified atom stereocenters. The quantitative estimate of drug-likeness (QED) is 0.348. The van der Waals surface area contributed by atoms with Gasteiger partial charge in [-0.3, -0.25) is 0 Å². The molecule has 0 N–H and O–H groups in total. The Bertz CT molecular complexity index is 1040. The van der Waals surface area contributed by atoms with Gasteiger partial charge in [-0.25, -0.2) is 0 Å². The minimum Gasteiger partial charge on any atom is -0.497 e. The Kier molecular flexibility index (Phi) is 5.17. The molecule has 0 aliphatic rings. The molecule has 4 heteroatoms. The lowest BCUT2D eigenvalue weighted by Gasteiger charge is -2.17. The lowest BCUT2D eigenvalue weighted by Crippen LogP contribution is -1.91. The van der Waals surface area contributed by atoms with Crippen LogP contribution >= 0.6 is 23.2 Å². The van der Waals surface area contributed by atoms with Gasteiger partial charge in [0.25, 0.3) is 0 Å². The van der Waals surface area contributed by atoms with E-state index in [9.17, 15) is 0 Å². The van der Waals surface area contributed by atoms with Crippen molar-refractivity contribution < 1.29 is 9.47 Å². The number of benzene rings is 4. The highest BCUT2D eigenvalue weighted by atomic mass is 35.5. The maximum atomic E-state index is 6.81. The van der Waals surface area contributed by atoms with Crippen molar-refractivity contribution in [1.29, 1.82) is 0 Å². The van der Waals surface area contributed by atoms with E-state index in [0.29, 0.717) is 10.0 Å². The van der Waals surface area contributed by atoms with Gasteiger partial charge in [-0.15, -0.1) is 0 Å². The number of rotatable bonds is 4. The second-order valence-corrected chi connectivity index (χ2v) is 7.14. The van der Waals surface area contributed by atoms with E-state index in [0.717, 1.165) is 44.5 Å². The number of hydrogen-bond donors (Lipinski definition) is 0. The lowest BCUT2D eigenvalue weighted by atomic mass is 9.91. The van der Waals surface area contributed by atoms with Gasteiger partial charge in [-0.1, -0.05) is 71.7 Å². The number of halogens is 2.